The molecule has 1 aliphatic heterocycles. The fourth-order valence-corrected chi connectivity index (χ4v) is 3.84. The quantitative estimate of drug-likeness (QED) is 0.848. The maximum absolute atomic E-state index is 13.3. The van der Waals surface area contributed by atoms with Crippen LogP contribution in [-0.4, -0.2) is 48.4 Å². The van der Waals surface area contributed by atoms with E-state index in [0.717, 1.165) is 36.6 Å². The van der Waals surface area contributed by atoms with Crippen molar-refractivity contribution in [2.24, 2.45) is 7.05 Å². The minimum atomic E-state index is -0.211. The molecule has 1 saturated heterocycles. The molecule has 0 radical (unpaired) electrons. The maximum atomic E-state index is 13.3. The van der Waals surface area contributed by atoms with E-state index in [1.807, 2.05) is 27.3 Å². The highest BCUT2D eigenvalue weighted by atomic mass is 16.2. The van der Waals surface area contributed by atoms with Crippen molar-refractivity contribution in [3.63, 3.8) is 0 Å². The molecule has 3 heterocycles. The molecule has 26 heavy (non-hydrogen) atoms. The van der Waals surface area contributed by atoms with Crippen LogP contribution < -0.4 is 0 Å². The lowest BCUT2D eigenvalue weighted by Crippen LogP contribution is -2.41. The fourth-order valence-electron chi connectivity index (χ4n) is 3.84. The van der Waals surface area contributed by atoms with Gasteiger partial charge in [-0.2, -0.15) is 5.10 Å². The van der Waals surface area contributed by atoms with Crippen LogP contribution in [0.4, 0.5) is 0 Å². The molecule has 2 aromatic heterocycles. The van der Waals surface area contributed by atoms with Crippen LogP contribution in [0.1, 0.15) is 80.3 Å². The summed E-state index contributed by atoms with van der Waals surface area (Å²) in [6.07, 6.45) is 6.14. The third kappa shape index (κ3) is 3.15. The molecule has 4 rings (SSSR count). The van der Waals surface area contributed by atoms with Gasteiger partial charge in [0, 0.05) is 32.0 Å². The zero-order valence-electron chi connectivity index (χ0n) is 16.1. The van der Waals surface area contributed by atoms with Gasteiger partial charge >= 0.3 is 0 Å². The van der Waals surface area contributed by atoms with E-state index >= 15 is 0 Å². The third-order valence-electron chi connectivity index (χ3n) is 5.40. The molecule has 0 bridgehead atoms. The van der Waals surface area contributed by atoms with Gasteiger partial charge in [-0.05, 0) is 52.5 Å². The highest BCUT2D eigenvalue weighted by Crippen LogP contribution is 2.40. The number of rotatable bonds is 3. The summed E-state index contributed by atoms with van der Waals surface area (Å²) in [6, 6.07) is 2.02. The van der Waals surface area contributed by atoms with Crippen molar-refractivity contribution < 1.29 is 4.79 Å². The number of amides is 1. The minimum Gasteiger partial charge on any atom is -0.337 e. The monoisotopic (exact) mass is 356 g/mol. The molecule has 2 aliphatic rings. The second-order valence-corrected chi connectivity index (χ2v) is 8.70. The summed E-state index contributed by atoms with van der Waals surface area (Å²) in [6.45, 7) is 7.80. The predicted molar refractivity (Wildman–Crippen MR) is 98.1 cm³/mol. The van der Waals surface area contributed by atoms with Crippen LogP contribution in [0.15, 0.2) is 12.4 Å². The van der Waals surface area contributed by atoms with Crippen LogP contribution in [0.3, 0.4) is 0 Å². The topological polar surface area (TPSA) is 68.8 Å². The first-order chi connectivity index (χ1) is 12.3. The first-order valence-corrected chi connectivity index (χ1v) is 9.58. The number of carbonyl (C=O) groups is 1. The Morgan fingerprint density at radius 3 is 2.58 bits per heavy atom. The Labute approximate surface area is 154 Å². The summed E-state index contributed by atoms with van der Waals surface area (Å²) in [4.78, 5) is 15.3. The molecule has 0 aromatic carbocycles. The molecule has 1 atom stereocenters. The van der Waals surface area contributed by atoms with Crippen molar-refractivity contribution >= 4 is 5.91 Å². The normalized spacial score (nSPS) is 21.2. The number of hydrogen-bond donors (Lipinski definition) is 0. The molecule has 140 valence electrons. The van der Waals surface area contributed by atoms with Gasteiger partial charge in [-0.25, -0.2) is 0 Å². The smallest absolute Gasteiger partial charge is 0.272 e. The van der Waals surface area contributed by atoms with E-state index in [4.69, 9.17) is 5.10 Å². The zero-order valence-corrected chi connectivity index (χ0v) is 16.1. The number of likely N-dealkylation sites (tertiary alicyclic amines) is 1. The van der Waals surface area contributed by atoms with Gasteiger partial charge in [0.1, 0.15) is 17.8 Å². The molecule has 1 amide bonds. The van der Waals surface area contributed by atoms with Gasteiger partial charge in [0.2, 0.25) is 0 Å². The molecular weight excluding hydrogens is 328 g/mol. The lowest BCUT2D eigenvalue weighted by Gasteiger charge is -2.33. The Kier molecular flexibility index (Phi) is 4.12. The van der Waals surface area contributed by atoms with Gasteiger partial charge in [0.05, 0.1) is 11.2 Å². The Morgan fingerprint density at radius 2 is 1.96 bits per heavy atom. The van der Waals surface area contributed by atoms with Crippen LogP contribution >= 0.6 is 0 Å². The Morgan fingerprint density at radius 1 is 1.19 bits per heavy atom. The van der Waals surface area contributed by atoms with Crippen LogP contribution in [0.5, 0.6) is 0 Å². The number of aromatic nitrogens is 5. The molecule has 7 nitrogen and oxygen atoms in total. The van der Waals surface area contributed by atoms with E-state index in [1.54, 1.807) is 6.33 Å². The van der Waals surface area contributed by atoms with Crippen molar-refractivity contribution in [2.75, 3.05) is 13.1 Å². The van der Waals surface area contributed by atoms with Gasteiger partial charge in [-0.1, -0.05) is 0 Å². The van der Waals surface area contributed by atoms with E-state index in [1.165, 1.54) is 12.8 Å². The first-order valence-electron chi connectivity index (χ1n) is 9.58. The Hall–Kier alpha value is -2.18. The number of hydrogen-bond acceptors (Lipinski definition) is 4. The molecular formula is C19H28N6O. The zero-order chi connectivity index (χ0) is 18.5. The number of nitrogens with zero attached hydrogens (tertiary/aromatic N) is 6. The highest BCUT2D eigenvalue weighted by molar-refractivity contribution is 5.93. The van der Waals surface area contributed by atoms with Crippen molar-refractivity contribution in [1.29, 1.82) is 0 Å². The molecule has 2 fully saturated rings. The summed E-state index contributed by atoms with van der Waals surface area (Å²) in [7, 11) is 1.96. The number of carbonyl (C=O) groups excluding carboxylic acids is 1. The second-order valence-electron chi connectivity index (χ2n) is 8.70. The van der Waals surface area contributed by atoms with Crippen LogP contribution in [0.2, 0.25) is 0 Å². The third-order valence-corrected chi connectivity index (χ3v) is 5.40. The molecule has 0 unspecified atom stereocenters. The van der Waals surface area contributed by atoms with Crippen molar-refractivity contribution in [1.82, 2.24) is 29.4 Å². The number of aryl methyl sites for hydroxylation is 1. The summed E-state index contributed by atoms with van der Waals surface area (Å²) in [5.74, 6) is 1.84. The first kappa shape index (κ1) is 17.2. The van der Waals surface area contributed by atoms with E-state index < -0.39 is 0 Å². The maximum Gasteiger partial charge on any atom is 0.272 e. The minimum absolute atomic E-state index is 0.0891. The fraction of sp³-hybridized carbons (Fsp3) is 0.684. The Bertz CT molecular complexity index is 810. The molecule has 7 heteroatoms. The van der Waals surface area contributed by atoms with Gasteiger partial charge in [0.15, 0.2) is 0 Å². The van der Waals surface area contributed by atoms with Gasteiger partial charge < -0.3 is 9.47 Å². The van der Waals surface area contributed by atoms with E-state index in [9.17, 15) is 4.79 Å². The molecule has 2 aromatic rings. The van der Waals surface area contributed by atoms with Crippen LogP contribution in [-0.2, 0) is 12.6 Å². The van der Waals surface area contributed by atoms with E-state index in [0.29, 0.717) is 12.5 Å². The van der Waals surface area contributed by atoms with Crippen LogP contribution in [0, 0.1) is 0 Å². The average Bonchev–Trinajstić information content (AvgIpc) is 3.19. The summed E-state index contributed by atoms with van der Waals surface area (Å²) < 4.78 is 3.89. The highest BCUT2D eigenvalue weighted by Gasteiger charge is 2.34. The summed E-state index contributed by atoms with van der Waals surface area (Å²) >= 11 is 0. The van der Waals surface area contributed by atoms with Crippen molar-refractivity contribution in [2.45, 2.75) is 63.8 Å². The lowest BCUT2D eigenvalue weighted by molar-refractivity contribution is 0.0682. The SMILES string of the molecule is Cn1cnnc1[C@H]1CCCN(C(=O)c2cc(C3CC3)nn2C(C)(C)C)C1. The molecule has 1 saturated carbocycles. The molecule has 0 spiro atoms. The second kappa shape index (κ2) is 6.21. The van der Waals surface area contributed by atoms with Crippen molar-refractivity contribution in [3.8, 4) is 0 Å². The van der Waals surface area contributed by atoms with E-state index in [2.05, 4.69) is 31.0 Å². The lowest BCUT2D eigenvalue weighted by atomic mass is 9.96. The predicted octanol–water partition coefficient (Wildman–Crippen LogP) is 2.66. The molecule has 0 N–H and O–H groups in total. The number of piperidine rings is 1. The summed E-state index contributed by atoms with van der Waals surface area (Å²) in [5.41, 5.74) is 1.58. The van der Waals surface area contributed by atoms with Gasteiger partial charge in [-0.15, -0.1) is 10.2 Å². The van der Waals surface area contributed by atoms with Crippen LogP contribution in [0.25, 0.3) is 0 Å². The van der Waals surface area contributed by atoms with Gasteiger partial charge in [-0.3, -0.25) is 9.48 Å². The largest absolute Gasteiger partial charge is 0.337 e. The standard InChI is InChI=1S/C19H28N6O/c1-19(2,3)25-16(10-15(22-25)13-7-8-13)18(26)24-9-5-6-14(11-24)17-21-20-12-23(17)4/h10,12-14H,5-9,11H2,1-4H3/t14-/m0/s1. The molecule has 1 aliphatic carbocycles. The van der Waals surface area contributed by atoms with E-state index in [-0.39, 0.29) is 17.4 Å². The average molecular weight is 356 g/mol. The van der Waals surface area contributed by atoms with Gasteiger partial charge in [0.25, 0.3) is 5.91 Å². The summed E-state index contributed by atoms with van der Waals surface area (Å²) in [5, 5.41) is 13.0. The van der Waals surface area contributed by atoms with Crippen molar-refractivity contribution in [3.05, 3.63) is 29.6 Å². The Balaban J connectivity index is 1.60.